The molecule has 104 valence electrons. The molecule has 1 fully saturated rings. The number of hydrogen-bond acceptors (Lipinski definition) is 3. The molecule has 1 aliphatic rings. The molecule has 5 nitrogen and oxygen atoms in total. The van der Waals surface area contributed by atoms with Crippen LogP contribution in [0.15, 0.2) is 24.3 Å². The highest BCUT2D eigenvalue weighted by molar-refractivity contribution is 7.90. The smallest absolute Gasteiger partial charge is 0.298 e. The van der Waals surface area contributed by atoms with Gasteiger partial charge in [0.25, 0.3) is 0 Å². The van der Waals surface area contributed by atoms with Crippen molar-refractivity contribution in [3.63, 3.8) is 0 Å². The Hall–Kier alpha value is -1.40. The lowest BCUT2D eigenvalue weighted by Crippen LogP contribution is -2.42. The number of rotatable bonds is 4. The predicted octanol–water partition coefficient (Wildman–Crippen LogP) is 1.89. The van der Waals surface area contributed by atoms with Crippen molar-refractivity contribution in [1.82, 2.24) is 4.31 Å². The van der Waals surface area contributed by atoms with Crippen LogP contribution in [0.1, 0.15) is 30.1 Å². The zero-order chi connectivity index (χ0) is 13.9. The van der Waals surface area contributed by atoms with Gasteiger partial charge < -0.3 is 0 Å². The molecule has 1 saturated heterocycles. The Bertz CT molecular complexity index is 540. The Balaban J connectivity index is 2.09. The van der Waals surface area contributed by atoms with Gasteiger partial charge in [-0.05, 0) is 43.0 Å². The molecule has 6 heteroatoms. The maximum atomic E-state index is 12.2. The maximum absolute atomic E-state index is 12.2. The maximum Gasteiger partial charge on any atom is 0.301 e. The van der Waals surface area contributed by atoms with Gasteiger partial charge >= 0.3 is 10.2 Å². The fourth-order valence-corrected chi connectivity index (χ4v) is 3.59. The van der Waals surface area contributed by atoms with Crippen LogP contribution in [0.4, 0.5) is 5.69 Å². The van der Waals surface area contributed by atoms with Crippen molar-refractivity contribution in [1.29, 1.82) is 0 Å². The number of carbonyl (C=O) groups is 1. The van der Waals surface area contributed by atoms with Crippen LogP contribution in [0.25, 0.3) is 0 Å². The first-order chi connectivity index (χ1) is 9.01. The molecule has 0 amide bonds. The quantitative estimate of drug-likeness (QED) is 0.858. The standard InChI is InChI=1S/C13H18N2O3S/c1-11-3-2-8-15(9-11)19(17,18)14-13-6-4-12(10-16)5-7-13/h4-7,10-11,14H,2-3,8-9H2,1H3. The number of benzene rings is 1. The number of anilines is 1. The highest BCUT2D eigenvalue weighted by Gasteiger charge is 2.26. The minimum absolute atomic E-state index is 0.391. The van der Waals surface area contributed by atoms with E-state index in [0.717, 1.165) is 19.1 Å². The van der Waals surface area contributed by atoms with E-state index in [0.29, 0.717) is 30.3 Å². The van der Waals surface area contributed by atoms with Crippen LogP contribution in [-0.2, 0) is 10.2 Å². The van der Waals surface area contributed by atoms with Crippen LogP contribution in [-0.4, -0.2) is 32.1 Å². The summed E-state index contributed by atoms with van der Waals surface area (Å²) in [5.41, 5.74) is 0.998. The van der Waals surface area contributed by atoms with Crippen molar-refractivity contribution in [3.05, 3.63) is 29.8 Å². The van der Waals surface area contributed by atoms with Crippen molar-refractivity contribution < 1.29 is 13.2 Å². The van der Waals surface area contributed by atoms with E-state index in [-0.39, 0.29) is 0 Å². The Kier molecular flexibility index (Phi) is 4.21. The molecule has 1 heterocycles. The highest BCUT2D eigenvalue weighted by atomic mass is 32.2. The third-order valence-electron chi connectivity index (χ3n) is 3.25. The van der Waals surface area contributed by atoms with E-state index in [9.17, 15) is 13.2 Å². The van der Waals surface area contributed by atoms with Gasteiger partial charge in [0.2, 0.25) is 0 Å². The Morgan fingerprint density at radius 3 is 2.58 bits per heavy atom. The van der Waals surface area contributed by atoms with E-state index < -0.39 is 10.2 Å². The second kappa shape index (κ2) is 5.71. The Morgan fingerprint density at radius 1 is 1.32 bits per heavy atom. The van der Waals surface area contributed by atoms with Crippen molar-refractivity contribution in [2.45, 2.75) is 19.8 Å². The molecule has 0 bridgehead atoms. The molecule has 1 N–H and O–H groups in total. The van der Waals surface area contributed by atoms with Gasteiger partial charge in [-0.15, -0.1) is 0 Å². The third-order valence-corrected chi connectivity index (χ3v) is 4.76. The summed E-state index contributed by atoms with van der Waals surface area (Å²) in [4.78, 5) is 10.5. The summed E-state index contributed by atoms with van der Waals surface area (Å²) in [6, 6.07) is 6.36. The summed E-state index contributed by atoms with van der Waals surface area (Å²) in [6.07, 6.45) is 2.69. The summed E-state index contributed by atoms with van der Waals surface area (Å²) in [7, 11) is -3.49. The van der Waals surface area contributed by atoms with Gasteiger partial charge in [0.15, 0.2) is 0 Å². The largest absolute Gasteiger partial charge is 0.301 e. The number of nitrogens with zero attached hydrogens (tertiary/aromatic N) is 1. The summed E-state index contributed by atoms with van der Waals surface area (Å²) in [5, 5.41) is 0. The SMILES string of the molecule is CC1CCCN(S(=O)(=O)Nc2ccc(C=O)cc2)C1. The highest BCUT2D eigenvalue weighted by Crippen LogP contribution is 2.20. The summed E-state index contributed by atoms with van der Waals surface area (Å²) < 4.78 is 28.4. The zero-order valence-electron chi connectivity index (χ0n) is 10.9. The minimum atomic E-state index is -3.49. The van der Waals surface area contributed by atoms with Crippen LogP contribution in [0, 0.1) is 5.92 Å². The second-order valence-corrected chi connectivity index (χ2v) is 6.62. The monoisotopic (exact) mass is 282 g/mol. The van der Waals surface area contributed by atoms with Crippen molar-refractivity contribution in [2.75, 3.05) is 17.8 Å². The zero-order valence-corrected chi connectivity index (χ0v) is 11.7. The summed E-state index contributed by atoms with van der Waals surface area (Å²) in [6.45, 7) is 3.18. The predicted molar refractivity (Wildman–Crippen MR) is 74.3 cm³/mol. The molecule has 0 saturated carbocycles. The second-order valence-electron chi connectivity index (χ2n) is 4.95. The van der Waals surface area contributed by atoms with Crippen LogP contribution in [0.5, 0.6) is 0 Å². The van der Waals surface area contributed by atoms with E-state index >= 15 is 0 Å². The number of carbonyl (C=O) groups excluding carboxylic acids is 1. The van der Waals surface area contributed by atoms with E-state index in [2.05, 4.69) is 11.6 Å². The lowest BCUT2D eigenvalue weighted by atomic mass is 10.0. The molecular weight excluding hydrogens is 264 g/mol. The minimum Gasteiger partial charge on any atom is -0.298 e. The van der Waals surface area contributed by atoms with E-state index in [4.69, 9.17) is 0 Å². The number of hydrogen-bond donors (Lipinski definition) is 1. The van der Waals surface area contributed by atoms with Gasteiger partial charge in [0.05, 0.1) is 0 Å². The lowest BCUT2D eigenvalue weighted by molar-refractivity contribution is 0.112. The molecule has 1 unspecified atom stereocenters. The van der Waals surface area contributed by atoms with Crippen LogP contribution >= 0.6 is 0 Å². The third kappa shape index (κ3) is 3.54. The molecule has 1 aliphatic heterocycles. The number of piperidine rings is 1. The fourth-order valence-electron chi connectivity index (χ4n) is 2.21. The van der Waals surface area contributed by atoms with E-state index in [1.807, 2.05) is 0 Å². The molecule has 1 atom stereocenters. The summed E-state index contributed by atoms with van der Waals surface area (Å²) in [5.74, 6) is 0.391. The number of aldehydes is 1. The van der Waals surface area contributed by atoms with Gasteiger partial charge in [-0.25, -0.2) is 0 Å². The average Bonchev–Trinajstić information content (AvgIpc) is 2.39. The number of nitrogens with one attached hydrogen (secondary N) is 1. The molecule has 2 rings (SSSR count). The van der Waals surface area contributed by atoms with Gasteiger partial charge in [-0.3, -0.25) is 9.52 Å². The van der Waals surface area contributed by atoms with Crippen LogP contribution in [0.3, 0.4) is 0 Å². The first kappa shape index (κ1) is 14.0. The van der Waals surface area contributed by atoms with E-state index in [1.54, 1.807) is 24.3 Å². The molecule has 1 aromatic rings. The molecule has 0 aliphatic carbocycles. The van der Waals surface area contributed by atoms with Crippen molar-refractivity contribution in [2.24, 2.45) is 5.92 Å². The van der Waals surface area contributed by atoms with Gasteiger partial charge in [0, 0.05) is 24.3 Å². The molecule has 0 aromatic heterocycles. The molecule has 0 radical (unpaired) electrons. The average molecular weight is 282 g/mol. The molecule has 1 aromatic carbocycles. The van der Waals surface area contributed by atoms with Gasteiger partial charge in [0.1, 0.15) is 6.29 Å². The van der Waals surface area contributed by atoms with Crippen LogP contribution in [0.2, 0.25) is 0 Å². The van der Waals surface area contributed by atoms with Crippen molar-refractivity contribution >= 4 is 22.2 Å². The van der Waals surface area contributed by atoms with Crippen molar-refractivity contribution in [3.8, 4) is 0 Å². The Morgan fingerprint density at radius 2 is 2.00 bits per heavy atom. The van der Waals surface area contributed by atoms with Gasteiger partial charge in [-0.1, -0.05) is 6.92 Å². The molecule has 19 heavy (non-hydrogen) atoms. The molecular formula is C13H18N2O3S. The van der Waals surface area contributed by atoms with E-state index in [1.165, 1.54) is 4.31 Å². The topological polar surface area (TPSA) is 66.5 Å². The normalized spacial score (nSPS) is 21.0. The summed E-state index contributed by atoms with van der Waals surface area (Å²) >= 11 is 0. The Labute approximate surface area is 113 Å². The van der Waals surface area contributed by atoms with Crippen LogP contribution < -0.4 is 4.72 Å². The fraction of sp³-hybridized carbons (Fsp3) is 0.462. The lowest BCUT2D eigenvalue weighted by Gasteiger charge is -2.30. The first-order valence-corrected chi connectivity index (χ1v) is 7.78. The molecule has 0 spiro atoms. The first-order valence-electron chi connectivity index (χ1n) is 6.34. The van der Waals surface area contributed by atoms with Gasteiger partial charge in [-0.2, -0.15) is 12.7 Å².